The van der Waals surface area contributed by atoms with E-state index in [0.29, 0.717) is 5.92 Å². The molecule has 0 aliphatic heterocycles. The fourth-order valence-corrected chi connectivity index (χ4v) is 1.45. The van der Waals surface area contributed by atoms with E-state index in [9.17, 15) is 9.59 Å². The Hall–Kier alpha value is -1.75. The monoisotopic (exact) mass is 284 g/mol. The summed E-state index contributed by atoms with van der Waals surface area (Å²) in [5.74, 6) is -0.776. The first-order chi connectivity index (χ1) is 8.81. The third-order valence-corrected chi connectivity index (χ3v) is 3.15. The molecule has 0 fully saturated rings. The van der Waals surface area contributed by atoms with Gasteiger partial charge < -0.3 is 15.7 Å². The minimum absolute atomic E-state index is 0.00133. The molecule has 104 valence electrons. The molecule has 0 aliphatic carbocycles. The summed E-state index contributed by atoms with van der Waals surface area (Å²) in [6, 6.07) is 3.73. The molecule has 1 unspecified atom stereocenters. The zero-order valence-corrected chi connectivity index (χ0v) is 11.8. The zero-order chi connectivity index (χ0) is 14.6. The van der Waals surface area contributed by atoms with Gasteiger partial charge in [-0.1, -0.05) is 25.4 Å². The van der Waals surface area contributed by atoms with Gasteiger partial charge in [-0.3, -0.25) is 0 Å². The fourth-order valence-electron chi connectivity index (χ4n) is 1.29. The minimum atomic E-state index is -1.07. The van der Waals surface area contributed by atoms with Gasteiger partial charge in [-0.15, -0.1) is 0 Å². The molecule has 1 aromatic rings. The number of hydrogen-bond donors (Lipinski definition) is 3. The van der Waals surface area contributed by atoms with Crippen molar-refractivity contribution in [3.05, 3.63) is 28.8 Å². The Morgan fingerprint density at radius 3 is 2.42 bits per heavy atom. The fraction of sp³-hybridized carbons (Fsp3) is 0.385. The molecule has 2 amide bonds. The van der Waals surface area contributed by atoms with Gasteiger partial charge in [-0.25, -0.2) is 9.59 Å². The summed E-state index contributed by atoms with van der Waals surface area (Å²) < 4.78 is 0. The number of carboxylic acids is 1. The highest BCUT2D eigenvalue weighted by atomic mass is 35.5. The maximum Gasteiger partial charge on any atom is 0.335 e. The van der Waals surface area contributed by atoms with Crippen molar-refractivity contribution in [2.24, 2.45) is 5.92 Å². The number of carbonyl (C=O) groups is 2. The second-order valence-electron chi connectivity index (χ2n) is 4.63. The second-order valence-corrected chi connectivity index (χ2v) is 5.04. The molecule has 5 nitrogen and oxygen atoms in total. The van der Waals surface area contributed by atoms with Gasteiger partial charge in [0, 0.05) is 6.04 Å². The summed E-state index contributed by atoms with van der Waals surface area (Å²) in [6.07, 6.45) is 0. The number of carboxylic acid groups (broad SMARTS) is 1. The number of hydrogen-bond acceptors (Lipinski definition) is 2. The van der Waals surface area contributed by atoms with E-state index < -0.39 is 12.0 Å². The van der Waals surface area contributed by atoms with Crippen LogP contribution in [0.2, 0.25) is 5.02 Å². The van der Waals surface area contributed by atoms with Gasteiger partial charge in [-0.05, 0) is 31.0 Å². The molecular weight excluding hydrogens is 268 g/mol. The van der Waals surface area contributed by atoms with Crippen LogP contribution in [0.5, 0.6) is 0 Å². The Bertz CT molecular complexity index is 489. The van der Waals surface area contributed by atoms with Crippen molar-refractivity contribution >= 4 is 29.3 Å². The van der Waals surface area contributed by atoms with Crippen molar-refractivity contribution < 1.29 is 14.7 Å². The summed E-state index contributed by atoms with van der Waals surface area (Å²) in [5.41, 5.74) is 0.339. The number of rotatable bonds is 4. The maximum atomic E-state index is 11.7. The number of aromatic carboxylic acids is 1. The lowest BCUT2D eigenvalue weighted by Gasteiger charge is -2.18. The molecule has 1 rings (SSSR count). The molecule has 0 bridgehead atoms. The number of nitrogens with one attached hydrogen (secondary N) is 2. The molecule has 1 atom stereocenters. The SMILES string of the molecule is CC(C)C(C)NC(=O)Nc1cc(C(=O)O)ccc1Cl. The van der Waals surface area contributed by atoms with Crippen LogP contribution in [-0.2, 0) is 0 Å². The first-order valence-corrected chi connectivity index (χ1v) is 6.29. The minimum Gasteiger partial charge on any atom is -0.478 e. The highest BCUT2D eigenvalue weighted by Gasteiger charge is 2.13. The molecule has 0 radical (unpaired) electrons. The molecule has 0 spiro atoms. The Balaban J connectivity index is 2.79. The van der Waals surface area contributed by atoms with E-state index in [2.05, 4.69) is 10.6 Å². The molecular formula is C13H17ClN2O3. The summed E-state index contributed by atoms with van der Waals surface area (Å²) >= 11 is 5.91. The van der Waals surface area contributed by atoms with Crippen LogP contribution in [0, 0.1) is 5.92 Å². The largest absolute Gasteiger partial charge is 0.478 e. The summed E-state index contributed by atoms with van der Waals surface area (Å²) in [4.78, 5) is 22.6. The van der Waals surface area contributed by atoms with Crippen molar-refractivity contribution in [2.75, 3.05) is 5.32 Å². The van der Waals surface area contributed by atoms with E-state index in [1.54, 1.807) is 0 Å². The van der Waals surface area contributed by atoms with Gasteiger partial charge in [0.2, 0.25) is 0 Å². The van der Waals surface area contributed by atoms with Crippen LogP contribution in [0.3, 0.4) is 0 Å². The van der Waals surface area contributed by atoms with Crippen LogP contribution in [0.4, 0.5) is 10.5 Å². The smallest absolute Gasteiger partial charge is 0.335 e. The van der Waals surface area contributed by atoms with Crippen molar-refractivity contribution in [3.8, 4) is 0 Å². The number of amides is 2. The van der Waals surface area contributed by atoms with Crippen LogP contribution >= 0.6 is 11.6 Å². The highest BCUT2D eigenvalue weighted by molar-refractivity contribution is 6.33. The number of halogens is 1. The standard InChI is InChI=1S/C13H17ClN2O3/c1-7(2)8(3)15-13(19)16-11-6-9(12(17)18)4-5-10(11)14/h4-8H,1-3H3,(H,17,18)(H2,15,16,19). The number of benzene rings is 1. The Morgan fingerprint density at radius 2 is 1.89 bits per heavy atom. The van der Waals surface area contributed by atoms with Gasteiger partial charge in [-0.2, -0.15) is 0 Å². The van der Waals surface area contributed by atoms with Crippen LogP contribution in [0.15, 0.2) is 18.2 Å². The quantitative estimate of drug-likeness (QED) is 0.794. The Morgan fingerprint density at radius 1 is 1.26 bits per heavy atom. The number of urea groups is 1. The first-order valence-electron chi connectivity index (χ1n) is 5.91. The normalized spacial score (nSPS) is 12.1. The highest BCUT2D eigenvalue weighted by Crippen LogP contribution is 2.23. The lowest BCUT2D eigenvalue weighted by Crippen LogP contribution is -2.39. The average molecular weight is 285 g/mol. The zero-order valence-electron chi connectivity index (χ0n) is 11.0. The summed E-state index contributed by atoms with van der Waals surface area (Å²) in [7, 11) is 0. The van der Waals surface area contributed by atoms with Gasteiger partial charge in [0.25, 0.3) is 0 Å². The summed E-state index contributed by atoms with van der Waals surface area (Å²) in [5, 5.41) is 14.5. The van der Waals surface area contributed by atoms with Crippen molar-refractivity contribution in [1.29, 1.82) is 0 Å². The molecule has 0 aromatic heterocycles. The van der Waals surface area contributed by atoms with Crippen molar-refractivity contribution in [1.82, 2.24) is 5.32 Å². The predicted octanol–water partition coefficient (Wildman–Crippen LogP) is 3.20. The Kier molecular flexibility index (Phi) is 5.18. The lowest BCUT2D eigenvalue weighted by molar-refractivity contribution is 0.0697. The molecule has 3 N–H and O–H groups in total. The van der Waals surface area contributed by atoms with E-state index in [-0.39, 0.29) is 22.3 Å². The lowest BCUT2D eigenvalue weighted by atomic mass is 10.1. The van der Waals surface area contributed by atoms with E-state index in [1.807, 2.05) is 20.8 Å². The Labute approximate surface area is 117 Å². The van der Waals surface area contributed by atoms with Crippen LogP contribution in [0.1, 0.15) is 31.1 Å². The van der Waals surface area contributed by atoms with E-state index in [0.717, 1.165) is 0 Å². The molecule has 1 aromatic carbocycles. The average Bonchev–Trinajstić information content (AvgIpc) is 2.31. The van der Waals surface area contributed by atoms with Gasteiger partial charge in [0.15, 0.2) is 0 Å². The molecule has 19 heavy (non-hydrogen) atoms. The molecule has 6 heteroatoms. The molecule has 0 aliphatic rings. The van der Waals surface area contributed by atoms with Gasteiger partial charge >= 0.3 is 12.0 Å². The third kappa shape index (κ3) is 4.44. The first kappa shape index (κ1) is 15.3. The summed E-state index contributed by atoms with van der Waals surface area (Å²) in [6.45, 7) is 5.87. The van der Waals surface area contributed by atoms with E-state index >= 15 is 0 Å². The van der Waals surface area contributed by atoms with Gasteiger partial charge in [0.05, 0.1) is 16.3 Å². The van der Waals surface area contributed by atoms with Gasteiger partial charge in [0.1, 0.15) is 0 Å². The number of carbonyl (C=O) groups excluding carboxylic acids is 1. The van der Waals surface area contributed by atoms with E-state index in [1.165, 1.54) is 18.2 Å². The molecule has 0 heterocycles. The van der Waals surface area contributed by atoms with Crippen LogP contribution in [-0.4, -0.2) is 23.1 Å². The predicted molar refractivity (Wildman–Crippen MR) is 74.9 cm³/mol. The third-order valence-electron chi connectivity index (χ3n) is 2.82. The van der Waals surface area contributed by atoms with Crippen molar-refractivity contribution in [3.63, 3.8) is 0 Å². The second kappa shape index (κ2) is 6.43. The maximum absolute atomic E-state index is 11.7. The van der Waals surface area contributed by atoms with E-state index in [4.69, 9.17) is 16.7 Å². The van der Waals surface area contributed by atoms with Crippen molar-refractivity contribution in [2.45, 2.75) is 26.8 Å². The number of anilines is 1. The van der Waals surface area contributed by atoms with Crippen LogP contribution in [0.25, 0.3) is 0 Å². The topological polar surface area (TPSA) is 78.4 Å². The molecule has 0 saturated heterocycles. The molecule has 0 saturated carbocycles. The van der Waals surface area contributed by atoms with Crippen LogP contribution < -0.4 is 10.6 Å².